The Labute approximate surface area is 163 Å². The average molecular weight is 408 g/mol. The molecule has 0 saturated heterocycles. The molecule has 3 aromatic rings. The number of anilines is 1. The molecule has 0 atom stereocenters. The van der Waals surface area contributed by atoms with Crippen molar-refractivity contribution in [2.45, 2.75) is 16.0 Å². The third-order valence-electron chi connectivity index (χ3n) is 3.41. The van der Waals surface area contributed by atoms with Gasteiger partial charge in [0.1, 0.15) is 5.82 Å². The van der Waals surface area contributed by atoms with Gasteiger partial charge < -0.3 is 0 Å². The van der Waals surface area contributed by atoms with Crippen LogP contribution in [0.25, 0.3) is 0 Å². The van der Waals surface area contributed by atoms with Gasteiger partial charge in [0.25, 0.3) is 0 Å². The number of hydrogen-bond donors (Lipinski definition) is 1. The van der Waals surface area contributed by atoms with Crippen LogP contribution in [0.15, 0.2) is 81.8 Å². The van der Waals surface area contributed by atoms with Crippen molar-refractivity contribution >= 4 is 35.4 Å². The van der Waals surface area contributed by atoms with E-state index in [9.17, 15) is 13.2 Å². The minimum atomic E-state index is -4.40. The molecule has 0 bridgehead atoms. The largest absolute Gasteiger partial charge is 0.417 e. The average Bonchev–Trinajstić information content (AvgIpc) is 2.65. The standard InChI is InChI=1S/C19H13ClF3N3S/c20-15-4-8-17(9-5-15)27-16-6-1-13(2-7-16)11-25-26-18-10-3-14(12-24-18)19(21,22)23/h1-12H,(H,24,26)/b25-11-. The lowest BCUT2D eigenvalue weighted by Gasteiger charge is -2.06. The first-order chi connectivity index (χ1) is 12.9. The SMILES string of the molecule is FC(F)(F)c1ccc(N/N=C\c2ccc(Sc3ccc(Cl)cc3)cc2)nc1. The Morgan fingerprint density at radius 1 is 0.926 bits per heavy atom. The van der Waals surface area contributed by atoms with Crippen molar-refractivity contribution in [2.24, 2.45) is 5.10 Å². The molecule has 0 spiro atoms. The summed E-state index contributed by atoms with van der Waals surface area (Å²) in [5, 5.41) is 4.68. The van der Waals surface area contributed by atoms with Crippen molar-refractivity contribution < 1.29 is 13.2 Å². The van der Waals surface area contributed by atoms with Gasteiger partial charge >= 0.3 is 6.18 Å². The van der Waals surface area contributed by atoms with Crippen LogP contribution in [0.1, 0.15) is 11.1 Å². The van der Waals surface area contributed by atoms with E-state index in [0.717, 1.165) is 27.6 Å². The van der Waals surface area contributed by atoms with Crippen LogP contribution in [-0.4, -0.2) is 11.2 Å². The summed E-state index contributed by atoms with van der Waals surface area (Å²) in [6, 6.07) is 17.4. The number of benzene rings is 2. The highest BCUT2D eigenvalue weighted by Gasteiger charge is 2.30. The molecule has 0 fully saturated rings. The molecule has 1 N–H and O–H groups in total. The van der Waals surface area contributed by atoms with Crippen LogP contribution in [0.2, 0.25) is 5.02 Å². The Morgan fingerprint density at radius 3 is 2.11 bits per heavy atom. The number of halogens is 4. The minimum absolute atomic E-state index is 0.231. The maximum absolute atomic E-state index is 12.5. The summed E-state index contributed by atoms with van der Waals surface area (Å²) in [6.45, 7) is 0. The first kappa shape index (κ1) is 19.3. The van der Waals surface area contributed by atoms with E-state index in [2.05, 4.69) is 15.5 Å². The van der Waals surface area contributed by atoms with Gasteiger partial charge in [0.15, 0.2) is 0 Å². The first-order valence-corrected chi connectivity index (χ1v) is 8.95. The number of hydrazone groups is 1. The maximum Gasteiger partial charge on any atom is 0.417 e. The summed E-state index contributed by atoms with van der Waals surface area (Å²) in [6.07, 6.45) is -2.07. The van der Waals surface area contributed by atoms with Gasteiger partial charge in [-0.1, -0.05) is 35.5 Å². The predicted molar refractivity (Wildman–Crippen MR) is 102 cm³/mol. The molecule has 3 rings (SSSR count). The van der Waals surface area contributed by atoms with Crippen molar-refractivity contribution in [3.8, 4) is 0 Å². The molecule has 1 heterocycles. The number of hydrogen-bond acceptors (Lipinski definition) is 4. The summed E-state index contributed by atoms with van der Waals surface area (Å²) >= 11 is 7.48. The molecule has 0 unspecified atom stereocenters. The molecule has 0 aliphatic rings. The van der Waals surface area contributed by atoms with Crippen molar-refractivity contribution in [3.05, 3.63) is 83.0 Å². The minimum Gasteiger partial charge on any atom is -0.261 e. The van der Waals surface area contributed by atoms with Crippen LogP contribution in [0.3, 0.4) is 0 Å². The molecule has 27 heavy (non-hydrogen) atoms. The Morgan fingerprint density at radius 2 is 1.56 bits per heavy atom. The van der Waals surface area contributed by atoms with Crippen LogP contribution in [0.4, 0.5) is 19.0 Å². The summed E-state index contributed by atoms with van der Waals surface area (Å²) in [4.78, 5) is 5.83. The molecule has 3 nitrogen and oxygen atoms in total. The fourth-order valence-corrected chi connectivity index (χ4v) is 3.00. The Kier molecular flexibility index (Phi) is 6.03. The fourth-order valence-electron chi connectivity index (χ4n) is 2.06. The van der Waals surface area contributed by atoms with Crippen molar-refractivity contribution in [2.75, 3.05) is 5.43 Å². The van der Waals surface area contributed by atoms with E-state index in [1.165, 1.54) is 6.07 Å². The highest BCUT2D eigenvalue weighted by Crippen LogP contribution is 2.29. The van der Waals surface area contributed by atoms with Gasteiger partial charge in [-0.15, -0.1) is 0 Å². The third-order valence-corrected chi connectivity index (χ3v) is 4.68. The van der Waals surface area contributed by atoms with Crippen molar-refractivity contribution in [1.82, 2.24) is 4.98 Å². The van der Waals surface area contributed by atoms with Crippen molar-refractivity contribution in [3.63, 3.8) is 0 Å². The lowest BCUT2D eigenvalue weighted by Crippen LogP contribution is -2.05. The van der Waals surface area contributed by atoms with Gasteiger partial charge in [-0.25, -0.2) is 4.98 Å². The number of rotatable bonds is 5. The second kappa shape index (κ2) is 8.45. The van der Waals surface area contributed by atoms with Crippen molar-refractivity contribution in [1.29, 1.82) is 0 Å². The summed E-state index contributed by atoms with van der Waals surface area (Å²) in [7, 11) is 0. The van der Waals surface area contributed by atoms with Crippen LogP contribution >= 0.6 is 23.4 Å². The molecule has 8 heteroatoms. The van der Waals surface area contributed by atoms with E-state index < -0.39 is 11.7 Å². The Bertz CT molecular complexity index is 909. The predicted octanol–water partition coefficient (Wildman–Crippen LogP) is 6.35. The molecular weight excluding hydrogens is 395 g/mol. The summed E-state index contributed by atoms with van der Waals surface area (Å²) < 4.78 is 37.4. The Hall–Kier alpha value is -2.51. The monoisotopic (exact) mass is 407 g/mol. The van der Waals surface area contributed by atoms with Crippen LogP contribution < -0.4 is 5.43 Å². The maximum atomic E-state index is 12.5. The molecule has 0 amide bonds. The molecule has 0 aliphatic carbocycles. The van der Waals surface area contributed by atoms with Crippen LogP contribution in [0, 0.1) is 0 Å². The van der Waals surface area contributed by atoms with E-state index in [4.69, 9.17) is 11.6 Å². The molecule has 1 aromatic heterocycles. The summed E-state index contributed by atoms with van der Waals surface area (Å²) in [5.74, 6) is 0.231. The van der Waals surface area contributed by atoms with Crippen LogP contribution in [-0.2, 0) is 6.18 Å². The lowest BCUT2D eigenvalue weighted by atomic mass is 10.2. The fraction of sp³-hybridized carbons (Fsp3) is 0.0526. The Balaban J connectivity index is 1.57. The zero-order valence-corrected chi connectivity index (χ0v) is 15.3. The normalized spacial score (nSPS) is 11.7. The topological polar surface area (TPSA) is 37.3 Å². The highest BCUT2D eigenvalue weighted by atomic mass is 35.5. The summed E-state index contributed by atoms with van der Waals surface area (Å²) in [5.41, 5.74) is 2.65. The van der Waals surface area contributed by atoms with Gasteiger partial charge in [0, 0.05) is 21.0 Å². The molecule has 0 aliphatic heterocycles. The zero-order chi connectivity index (χ0) is 19.3. The van der Waals surface area contributed by atoms with E-state index >= 15 is 0 Å². The number of alkyl halides is 3. The zero-order valence-electron chi connectivity index (χ0n) is 13.7. The van der Waals surface area contributed by atoms with E-state index in [1.807, 2.05) is 48.5 Å². The lowest BCUT2D eigenvalue weighted by molar-refractivity contribution is -0.137. The molecule has 138 valence electrons. The third kappa shape index (κ3) is 5.74. The molecule has 0 saturated carbocycles. The first-order valence-electron chi connectivity index (χ1n) is 7.76. The number of nitrogens with one attached hydrogen (secondary N) is 1. The molecular formula is C19H13ClF3N3S. The number of aromatic nitrogens is 1. The number of pyridine rings is 1. The van der Waals surface area contributed by atoms with E-state index in [-0.39, 0.29) is 5.82 Å². The quantitative estimate of drug-likeness (QED) is 0.395. The molecule has 0 radical (unpaired) electrons. The second-order valence-electron chi connectivity index (χ2n) is 5.42. The smallest absolute Gasteiger partial charge is 0.261 e. The second-order valence-corrected chi connectivity index (χ2v) is 7.01. The van der Waals surface area contributed by atoms with E-state index in [0.29, 0.717) is 5.02 Å². The van der Waals surface area contributed by atoms with Gasteiger partial charge in [-0.3, -0.25) is 5.43 Å². The van der Waals surface area contributed by atoms with Gasteiger partial charge in [-0.05, 0) is 54.1 Å². The van der Waals surface area contributed by atoms with Gasteiger partial charge in [0.2, 0.25) is 0 Å². The number of nitrogens with zero attached hydrogens (tertiary/aromatic N) is 2. The highest BCUT2D eigenvalue weighted by molar-refractivity contribution is 7.99. The van der Waals surface area contributed by atoms with Gasteiger partial charge in [0.05, 0.1) is 11.8 Å². The van der Waals surface area contributed by atoms with E-state index in [1.54, 1.807) is 18.0 Å². The van der Waals surface area contributed by atoms with Crippen LogP contribution in [0.5, 0.6) is 0 Å². The van der Waals surface area contributed by atoms with Gasteiger partial charge in [-0.2, -0.15) is 18.3 Å². The molecule has 2 aromatic carbocycles.